The first-order chi connectivity index (χ1) is 7.26. The van der Waals surface area contributed by atoms with Crippen LogP contribution in [0.4, 0.5) is 0 Å². The van der Waals surface area contributed by atoms with Gasteiger partial charge in [-0.25, -0.2) is 0 Å². The van der Waals surface area contributed by atoms with E-state index in [1.165, 1.54) is 41.3 Å². The van der Waals surface area contributed by atoms with Crippen LogP contribution < -0.4 is 0 Å². The van der Waals surface area contributed by atoms with Gasteiger partial charge in [0.15, 0.2) is 0 Å². The third-order valence-electron chi connectivity index (χ3n) is 4.52. The Balaban J connectivity index is 1.92. The molecule has 2 heteroatoms. The number of fused-ring (bicyclic) bond motifs is 3. The fraction of sp³-hybridized carbons (Fsp3) is 0.462. The second-order valence-electron chi connectivity index (χ2n) is 5.14. The van der Waals surface area contributed by atoms with Crippen molar-refractivity contribution in [2.24, 2.45) is 10.4 Å². The molecule has 2 aliphatic carbocycles. The molecule has 2 spiro atoms. The van der Waals surface area contributed by atoms with Crippen molar-refractivity contribution in [3.05, 3.63) is 33.8 Å². The molecule has 0 saturated heterocycles. The lowest BCUT2D eigenvalue weighted by atomic mass is 9.60. The van der Waals surface area contributed by atoms with Crippen LogP contribution in [0, 0.1) is 5.41 Å². The van der Waals surface area contributed by atoms with Gasteiger partial charge in [0, 0.05) is 16.1 Å². The maximum Gasteiger partial charge on any atom is 0.126 e. The van der Waals surface area contributed by atoms with E-state index in [0.29, 0.717) is 5.41 Å². The lowest BCUT2D eigenvalue weighted by Crippen LogP contribution is -2.40. The summed E-state index contributed by atoms with van der Waals surface area (Å²) < 4.78 is 1.19. The van der Waals surface area contributed by atoms with Gasteiger partial charge in [-0.05, 0) is 42.5 Å². The lowest BCUT2D eigenvalue weighted by molar-refractivity contribution is 0.102. The normalized spacial score (nSPS) is 33.1. The molecule has 4 rings (SSSR count). The predicted molar refractivity (Wildman–Crippen MR) is 64.3 cm³/mol. The smallest absolute Gasteiger partial charge is 0.126 e. The SMILES string of the molecule is Brc1ccc2c(c1)C1(C=N1)C1(CCC1)C2. The summed E-state index contributed by atoms with van der Waals surface area (Å²) in [5.74, 6) is 0. The minimum Gasteiger partial charge on any atom is -0.277 e. The zero-order valence-electron chi connectivity index (χ0n) is 8.46. The van der Waals surface area contributed by atoms with Crippen LogP contribution in [0.3, 0.4) is 0 Å². The number of hydrogen-bond donors (Lipinski definition) is 0. The Labute approximate surface area is 97.7 Å². The van der Waals surface area contributed by atoms with E-state index in [0.717, 1.165) is 0 Å². The molecule has 0 N–H and O–H groups in total. The van der Waals surface area contributed by atoms with Gasteiger partial charge in [0.05, 0.1) is 0 Å². The van der Waals surface area contributed by atoms with E-state index in [4.69, 9.17) is 0 Å². The summed E-state index contributed by atoms with van der Waals surface area (Å²) >= 11 is 3.57. The van der Waals surface area contributed by atoms with Crippen molar-refractivity contribution in [1.82, 2.24) is 0 Å². The van der Waals surface area contributed by atoms with Crippen LogP contribution >= 0.6 is 15.9 Å². The van der Waals surface area contributed by atoms with Crippen molar-refractivity contribution in [1.29, 1.82) is 0 Å². The highest BCUT2D eigenvalue weighted by molar-refractivity contribution is 9.10. The molecule has 3 aliphatic rings. The molecule has 0 radical (unpaired) electrons. The molecule has 1 aromatic rings. The topological polar surface area (TPSA) is 12.4 Å². The average Bonchev–Trinajstić information content (AvgIpc) is 2.88. The highest BCUT2D eigenvalue weighted by Gasteiger charge is 2.64. The van der Waals surface area contributed by atoms with Gasteiger partial charge in [-0.15, -0.1) is 0 Å². The predicted octanol–water partition coefficient (Wildman–Crippen LogP) is 3.46. The van der Waals surface area contributed by atoms with Crippen LogP contribution in [0.5, 0.6) is 0 Å². The number of nitrogens with zero attached hydrogens (tertiary/aromatic N) is 1. The summed E-state index contributed by atoms with van der Waals surface area (Å²) in [4.78, 5) is 4.65. The van der Waals surface area contributed by atoms with E-state index in [1.807, 2.05) is 0 Å². The summed E-state index contributed by atoms with van der Waals surface area (Å²) in [7, 11) is 0. The number of rotatable bonds is 0. The number of benzene rings is 1. The molecule has 1 heterocycles. The average molecular weight is 262 g/mol. The van der Waals surface area contributed by atoms with Crippen LogP contribution in [-0.4, -0.2) is 6.21 Å². The summed E-state index contributed by atoms with van der Waals surface area (Å²) in [6.45, 7) is 0. The second kappa shape index (κ2) is 2.37. The van der Waals surface area contributed by atoms with Crippen LogP contribution in [0.15, 0.2) is 27.7 Å². The fourth-order valence-electron chi connectivity index (χ4n) is 3.48. The standard InChI is InChI=1S/C13H12BrN/c14-10-3-2-9-7-12(4-1-5-12)13(8-15-13)11(9)6-10/h2-3,6,8H,1,4-5,7H2. The van der Waals surface area contributed by atoms with Gasteiger partial charge in [0.1, 0.15) is 5.54 Å². The molecule has 1 unspecified atom stereocenters. The van der Waals surface area contributed by atoms with Crippen molar-refractivity contribution in [2.75, 3.05) is 0 Å². The van der Waals surface area contributed by atoms with E-state index in [1.54, 1.807) is 0 Å². The highest BCUT2D eigenvalue weighted by Crippen LogP contribution is 2.66. The molecule has 1 aromatic carbocycles. The van der Waals surface area contributed by atoms with E-state index in [2.05, 4.69) is 45.3 Å². The van der Waals surface area contributed by atoms with Gasteiger partial charge in [-0.3, -0.25) is 4.99 Å². The van der Waals surface area contributed by atoms with Crippen LogP contribution in [0.1, 0.15) is 30.4 Å². The molecule has 0 amide bonds. The Hall–Kier alpha value is -0.630. The third-order valence-corrected chi connectivity index (χ3v) is 5.01. The van der Waals surface area contributed by atoms with E-state index < -0.39 is 0 Å². The Morgan fingerprint density at radius 1 is 1.27 bits per heavy atom. The molecule has 0 aromatic heterocycles. The maximum atomic E-state index is 4.65. The first-order valence-electron chi connectivity index (χ1n) is 5.61. The highest BCUT2D eigenvalue weighted by atomic mass is 79.9. The molecule has 76 valence electrons. The van der Waals surface area contributed by atoms with Gasteiger partial charge in [0.25, 0.3) is 0 Å². The van der Waals surface area contributed by atoms with Gasteiger partial charge in [-0.2, -0.15) is 0 Å². The summed E-state index contributed by atoms with van der Waals surface area (Å²) in [6.07, 6.45) is 7.54. The Kier molecular flexibility index (Phi) is 1.35. The quantitative estimate of drug-likeness (QED) is 0.679. The lowest BCUT2D eigenvalue weighted by Gasteiger charge is -2.43. The van der Waals surface area contributed by atoms with Crippen molar-refractivity contribution in [3.63, 3.8) is 0 Å². The maximum absolute atomic E-state index is 4.65. The van der Waals surface area contributed by atoms with Crippen molar-refractivity contribution < 1.29 is 0 Å². The number of halogens is 1. The van der Waals surface area contributed by atoms with Gasteiger partial charge in [-0.1, -0.05) is 28.4 Å². The van der Waals surface area contributed by atoms with Crippen LogP contribution in [0.25, 0.3) is 0 Å². The van der Waals surface area contributed by atoms with Gasteiger partial charge >= 0.3 is 0 Å². The molecule has 1 nitrogen and oxygen atoms in total. The first-order valence-corrected chi connectivity index (χ1v) is 6.40. The Morgan fingerprint density at radius 2 is 2.07 bits per heavy atom. The van der Waals surface area contributed by atoms with Crippen LogP contribution in [-0.2, 0) is 12.0 Å². The molecular formula is C13H12BrN. The summed E-state index contributed by atoms with van der Waals surface area (Å²) in [6, 6.07) is 6.71. The molecule has 0 bridgehead atoms. The molecule has 1 saturated carbocycles. The monoisotopic (exact) mass is 261 g/mol. The molecule has 1 fully saturated rings. The molecule has 15 heavy (non-hydrogen) atoms. The zero-order valence-corrected chi connectivity index (χ0v) is 10.0. The largest absolute Gasteiger partial charge is 0.277 e. The van der Waals surface area contributed by atoms with E-state index in [-0.39, 0.29) is 5.54 Å². The van der Waals surface area contributed by atoms with Crippen molar-refractivity contribution in [2.45, 2.75) is 31.2 Å². The second-order valence-corrected chi connectivity index (χ2v) is 6.05. The Morgan fingerprint density at radius 3 is 2.67 bits per heavy atom. The zero-order chi connectivity index (χ0) is 10.1. The minimum absolute atomic E-state index is 0.129. The minimum atomic E-state index is 0.129. The number of hydrogen-bond acceptors (Lipinski definition) is 1. The number of aliphatic imine (C=N–C) groups is 1. The molecular weight excluding hydrogens is 250 g/mol. The van der Waals surface area contributed by atoms with Gasteiger partial charge in [0.2, 0.25) is 0 Å². The molecule has 1 atom stereocenters. The fourth-order valence-corrected chi connectivity index (χ4v) is 3.84. The van der Waals surface area contributed by atoms with E-state index in [9.17, 15) is 0 Å². The van der Waals surface area contributed by atoms with Gasteiger partial charge < -0.3 is 0 Å². The van der Waals surface area contributed by atoms with Crippen molar-refractivity contribution >= 4 is 22.1 Å². The Bertz CT molecular complexity index is 479. The summed E-state index contributed by atoms with van der Waals surface area (Å²) in [5, 5.41) is 0. The first kappa shape index (κ1) is 8.51. The summed E-state index contributed by atoms with van der Waals surface area (Å²) in [5.41, 5.74) is 3.60. The third kappa shape index (κ3) is 0.840. The van der Waals surface area contributed by atoms with Crippen LogP contribution in [0.2, 0.25) is 0 Å². The van der Waals surface area contributed by atoms with Crippen molar-refractivity contribution in [3.8, 4) is 0 Å². The van der Waals surface area contributed by atoms with E-state index >= 15 is 0 Å². The molecule has 1 aliphatic heterocycles.